The van der Waals surface area contributed by atoms with E-state index in [0.29, 0.717) is 11.1 Å². The predicted octanol–water partition coefficient (Wildman–Crippen LogP) is 8.31. The van der Waals surface area contributed by atoms with Crippen LogP contribution >= 0.6 is 69.6 Å². The van der Waals surface area contributed by atoms with Gasteiger partial charge in [-0.2, -0.15) is 0 Å². The summed E-state index contributed by atoms with van der Waals surface area (Å²) in [6, 6.07) is 18.2. The highest BCUT2D eigenvalue weighted by Gasteiger charge is 2.40. The molecule has 10 heteroatoms. The molecule has 0 saturated heterocycles. The molecule has 0 spiro atoms. The normalized spacial score (nSPS) is 13.4. The fourth-order valence-electron chi connectivity index (χ4n) is 2.47. The first-order valence-electron chi connectivity index (χ1n) is 8.86. The van der Waals surface area contributed by atoms with E-state index in [4.69, 9.17) is 69.6 Å². The maximum atomic E-state index is 13.2. The van der Waals surface area contributed by atoms with Crippen LogP contribution in [0, 0.1) is 0 Å². The lowest BCUT2D eigenvalue weighted by Gasteiger charge is -2.17. The van der Waals surface area contributed by atoms with E-state index < -0.39 is 27.8 Å². The van der Waals surface area contributed by atoms with Gasteiger partial charge in [0.15, 0.2) is 0 Å². The maximum absolute atomic E-state index is 13.2. The zero-order valence-electron chi connectivity index (χ0n) is 16.7. The molecule has 0 aliphatic carbocycles. The molecule has 2 rings (SSSR count). The van der Waals surface area contributed by atoms with Gasteiger partial charge in [0.05, 0.1) is 0 Å². The molecule has 0 radical (unpaired) electrons. The summed E-state index contributed by atoms with van der Waals surface area (Å²) in [6.07, 6.45) is 0. The molecule has 0 aromatic heterocycles. The van der Waals surface area contributed by atoms with Crippen molar-refractivity contribution in [2.24, 2.45) is 0 Å². The van der Waals surface area contributed by atoms with E-state index in [1.165, 1.54) is 0 Å². The fraction of sp³-hybridized carbons (Fsp3) is 0.182. The van der Waals surface area contributed by atoms with Crippen LogP contribution in [0.1, 0.15) is 25.0 Å². The molecule has 0 N–H and O–H groups in total. The van der Waals surface area contributed by atoms with Crippen molar-refractivity contribution in [3.05, 3.63) is 93.1 Å². The highest BCUT2D eigenvalue weighted by atomic mass is 35.6. The molecule has 2 nitrogen and oxygen atoms in total. The summed E-state index contributed by atoms with van der Waals surface area (Å²) in [5.74, 6) is 0. The van der Waals surface area contributed by atoms with Crippen LogP contribution in [0.5, 0.6) is 0 Å². The summed E-state index contributed by atoms with van der Waals surface area (Å²) in [5, 5.41) is 0. The lowest BCUT2D eigenvalue weighted by atomic mass is 10.1. The van der Waals surface area contributed by atoms with Crippen molar-refractivity contribution in [1.82, 2.24) is 0 Å². The van der Waals surface area contributed by atoms with E-state index in [-0.39, 0.29) is 9.81 Å². The molecule has 2 unspecified atom stereocenters. The SMILES string of the molecule is CC(=C=C(C(=C=C(C)c1ccccc1)S(=O)C(Cl)(Cl)Cl)S(=O)C(Cl)(Cl)Cl)c1ccccc1. The monoisotopic (exact) mass is 586 g/mol. The van der Waals surface area contributed by atoms with Crippen LogP contribution in [0.15, 0.2) is 81.9 Å². The predicted molar refractivity (Wildman–Crippen MR) is 142 cm³/mol. The van der Waals surface area contributed by atoms with Crippen molar-refractivity contribution in [2.45, 2.75) is 20.1 Å². The fourth-order valence-corrected chi connectivity index (χ4v) is 5.70. The summed E-state index contributed by atoms with van der Waals surface area (Å²) in [6.45, 7) is 3.43. The third kappa shape index (κ3) is 7.79. The van der Waals surface area contributed by atoms with E-state index in [1.807, 2.05) is 60.7 Å². The minimum atomic E-state index is -2.33. The number of alkyl halides is 6. The molecular formula is C22H16Cl6O2S2. The molecule has 0 aliphatic rings. The van der Waals surface area contributed by atoms with E-state index in [0.717, 1.165) is 11.1 Å². The Morgan fingerprint density at radius 2 is 0.906 bits per heavy atom. The summed E-state index contributed by atoms with van der Waals surface area (Å²) in [5.41, 5.74) is 8.50. The maximum Gasteiger partial charge on any atom is 0.271 e. The van der Waals surface area contributed by atoms with Gasteiger partial charge in [-0.25, -0.2) is 8.42 Å². The Morgan fingerprint density at radius 3 is 1.16 bits per heavy atom. The largest absolute Gasteiger partial charge is 0.271 e. The van der Waals surface area contributed by atoms with Crippen LogP contribution in [0.25, 0.3) is 11.1 Å². The van der Waals surface area contributed by atoms with Gasteiger partial charge in [0.1, 0.15) is 31.4 Å². The number of hydrogen-bond acceptors (Lipinski definition) is 2. The zero-order valence-corrected chi connectivity index (χ0v) is 22.8. The second kappa shape index (κ2) is 11.8. The molecule has 0 bridgehead atoms. The van der Waals surface area contributed by atoms with Crippen molar-refractivity contribution < 1.29 is 8.42 Å². The first kappa shape index (κ1) is 27.8. The minimum Gasteiger partial charge on any atom is -0.249 e. The highest BCUT2D eigenvalue weighted by Crippen LogP contribution is 2.41. The zero-order chi connectivity index (χ0) is 24.1. The van der Waals surface area contributed by atoms with Crippen LogP contribution in [-0.2, 0) is 21.6 Å². The second-order valence-corrected chi connectivity index (χ2v) is 15.3. The third-order valence-corrected chi connectivity index (χ3v) is 8.86. The Hall–Kier alpha value is -0.480. The van der Waals surface area contributed by atoms with Crippen molar-refractivity contribution in [3.63, 3.8) is 0 Å². The molecule has 32 heavy (non-hydrogen) atoms. The Morgan fingerprint density at radius 1 is 0.625 bits per heavy atom. The molecule has 0 fully saturated rings. The van der Waals surface area contributed by atoms with Gasteiger partial charge in [0, 0.05) is 0 Å². The topological polar surface area (TPSA) is 34.1 Å². The lowest BCUT2D eigenvalue weighted by molar-refractivity contribution is 0.684. The average Bonchev–Trinajstić information content (AvgIpc) is 2.74. The lowest BCUT2D eigenvalue weighted by Crippen LogP contribution is -2.20. The molecule has 2 aromatic rings. The average molecular weight is 589 g/mol. The molecule has 2 atom stereocenters. The molecule has 0 saturated carbocycles. The van der Waals surface area contributed by atoms with Crippen molar-refractivity contribution in [2.75, 3.05) is 0 Å². The molecule has 0 heterocycles. The van der Waals surface area contributed by atoms with Gasteiger partial charge in [-0.1, -0.05) is 142 Å². The Labute approximate surface area is 222 Å². The molecule has 0 aliphatic heterocycles. The number of halogens is 6. The smallest absolute Gasteiger partial charge is 0.249 e. The van der Waals surface area contributed by atoms with E-state index in [9.17, 15) is 8.42 Å². The quantitative estimate of drug-likeness (QED) is 0.200. The Balaban J connectivity index is 2.97. The van der Waals surface area contributed by atoms with Gasteiger partial charge >= 0.3 is 0 Å². The minimum absolute atomic E-state index is 0.203. The Kier molecular flexibility index (Phi) is 10.2. The summed E-state index contributed by atoms with van der Waals surface area (Å²) in [4.78, 5) is -0.405. The van der Waals surface area contributed by atoms with Gasteiger partial charge in [-0.3, -0.25) is 0 Å². The number of benzene rings is 2. The molecular weight excluding hydrogens is 573 g/mol. The van der Waals surface area contributed by atoms with Crippen LogP contribution in [0.4, 0.5) is 0 Å². The van der Waals surface area contributed by atoms with Gasteiger partial charge in [0.2, 0.25) is 0 Å². The number of rotatable bonds is 5. The second-order valence-electron chi connectivity index (χ2n) is 6.32. The van der Waals surface area contributed by atoms with Crippen molar-refractivity contribution in [3.8, 4) is 0 Å². The van der Waals surface area contributed by atoms with E-state index >= 15 is 0 Å². The van der Waals surface area contributed by atoms with E-state index in [1.54, 1.807) is 13.8 Å². The van der Waals surface area contributed by atoms with Crippen LogP contribution in [0.3, 0.4) is 0 Å². The van der Waals surface area contributed by atoms with E-state index in [2.05, 4.69) is 11.5 Å². The van der Waals surface area contributed by atoms with Crippen LogP contribution in [0.2, 0.25) is 0 Å². The van der Waals surface area contributed by atoms with Gasteiger partial charge < -0.3 is 0 Å². The number of hydrogen-bond donors (Lipinski definition) is 0. The molecule has 170 valence electrons. The summed E-state index contributed by atoms with van der Waals surface area (Å²) >= 11 is 35.6. The Bertz CT molecular complexity index is 1060. The first-order valence-corrected chi connectivity index (χ1v) is 13.4. The van der Waals surface area contributed by atoms with Crippen molar-refractivity contribution >= 4 is 102 Å². The molecule has 2 aromatic carbocycles. The third-order valence-electron chi connectivity index (χ3n) is 4.01. The van der Waals surface area contributed by atoms with Crippen LogP contribution < -0.4 is 0 Å². The summed E-state index contributed by atoms with van der Waals surface area (Å²) < 4.78 is 21.9. The van der Waals surface area contributed by atoms with Gasteiger partial charge in [-0.05, 0) is 36.1 Å². The van der Waals surface area contributed by atoms with Crippen molar-refractivity contribution in [1.29, 1.82) is 0 Å². The van der Waals surface area contributed by atoms with Gasteiger partial charge in [-0.15, -0.1) is 0 Å². The standard InChI is InChI=1S/C22H16Cl6O2S2/c1-15(17-9-5-3-6-10-17)13-19(31(29)21(23,24)25)20(32(30)22(26,27)28)14-16(2)18-11-7-4-8-12-18/h3-12H,1-2H3. The van der Waals surface area contributed by atoms with Crippen LogP contribution in [-0.4, -0.2) is 14.7 Å². The summed E-state index contributed by atoms with van der Waals surface area (Å²) in [7, 11) is -4.66. The van der Waals surface area contributed by atoms with Gasteiger partial charge in [0.25, 0.3) is 6.25 Å². The first-order chi connectivity index (χ1) is 14.8. The molecule has 0 amide bonds. The highest BCUT2D eigenvalue weighted by molar-refractivity contribution is 8.00.